The number of rotatable bonds is 5. The Morgan fingerprint density at radius 2 is 1.79 bits per heavy atom. The molecule has 0 amide bonds. The molecule has 0 aromatic rings. The van der Waals surface area contributed by atoms with Crippen molar-refractivity contribution < 1.29 is 8.42 Å². The molecule has 7 heteroatoms. The van der Waals surface area contributed by atoms with Crippen LogP contribution in [-0.2, 0) is 10.0 Å². The molecular weight excluding hydrogens is 286 g/mol. The van der Waals surface area contributed by atoms with Crippen molar-refractivity contribution >= 4 is 22.4 Å². The predicted molar refractivity (Wildman–Crippen MR) is 82.2 cm³/mol. The minimum atomic E-state index is -3.08. The highest BCUT2D eigenvalue weighted by Gasteiger charge is 2.30. The SMILES string of the molecule is CCN(C1CCN(CC(C)(C)N)CC1)S(C)(=O)=O.Cl. The van der Waals surface area contributed by atoms with E-state index in [0.717, 1.165) is 32.5 Å². The summed E-state index contributed by atoms with van der Waals surface area (Å²) in [5.41, 5.74) is 5.82. The zero-order chi connectivity index (χ0) is 14.0. The zero-order valence-corrected chi connectivity index (χ0v) is 14.1. The minimum absolute atomic E-state index is 0. The van der Waals surface area contributed by atoms with Crippen LogP contribution in [0.2, 0.25) is 0 Å². The lowest BCUT2D eigenvalue weighted by Crippen LogP contribution is -2.51. The van der Waals surface area contributed by atoms with Crippen LogP contribution in [-0.4, -0.2) is 61.6 Å². The second kappa shape index (κ2) is 7.22. The van der Waals surface area contributed by atoms with E-state index >= 15 is 0 Å². The monoisotopic (exact) mass is 313 g/mol. The van der Waals surface area contributed by atoms with Crippen molar-refractivity contribution in [2.75, 3.05) is 32.4 Å². The van der Waals surface area contributed by atoms with Crippen LogP contribution in [0.3, 0.4) is 0 Å². The molecule has 0 unspecified atom stereocenters. The van der Waals surface area contributed by atoms with Crippen LogP contribution in [0.1, 0.15) is 33.6 Å². The van der Waals surface area contributed by atoms with Gasteiger partial charge in [0.05, 0.1) is 6.26 Å². The third-order valence-electron chi connectivity index (χ3n) is 3.33. The molecule has 1 fully saturated rings. The van der Waals surface area contributed by atoms with Gasteiger partial charge in [0.1, 0.15) is 0 Å². The molecular formula is C12H28ClN3O2S. The molecule has 0 aromatic heterocycles. The molecule has 0 bridgehead atoms. The van der Waals surface area contributed by atoms with E-state index in [-0.39, 0.29) is 24.0 Å². The van der Waals surface area contributed by atoms with E-state index in [1.54, 1.807) is 4.31 Å². The summed E-state index contributed by atoms with van der Waals surface area (Å²) >= 11 is 0. The van der Waals surface area contributed by atoms with Crippen LogP contribution < -0.4 is 5.73 Å². The average Bonchev–Trinajstić information content (AvgIpc) is 2.17. The van der Waals surface area contributed by atoms with Crippen LogP contribution in [0.25, 0.3) is 0 Å². The summed E-state index contributed by atoms with van der Waals surface area (Å²) in [5, 5.41) is 0. The van der Waals surface area contributed by atoms with Crippen LogP contribution in [0.5, 0.6) is 0 Å². The van der Waals surface area contributed by atoms with E-state index < -0.39 is 10.0 Å². The number of sulfonamides is 1. The summed E-state index contributed by atoms with van der Waals surface area (Å²) < 4.78 is 25.0. The maximum atomic E-state index is 11.7. The highest BCUT2D eigenvalue weighted by Crippen LogP contribution is 2.19. The summed E-state index contributed by atoms with van der Waals surface area (Å²) in [6.07, 6.45) is 3.10. The molecule has 0 radical (unpaired) electrons. The normalized spacial score (nSPS) is 19.5. The van der Waals surface area contributed by atoms with Gasteiger partial charge in [-0.05, 0) is 39.8 Å². The molecule has 1 saturated heterocycles. The first kappa shape index (κ1) is 19.1. The number of likely N-dealkylation sites (tertiary alicyclic amines) is 1. The van der Waals surface area contributed by atoms with Crippen molar-refractivity contribution in [1.29, 1.82) is 0 Å². The lowest BCUT2D eigenvalue weighted by atomic mass is 10.0. The maximum Gasteiger partial charge on any atom is 0.211 e. The van der Waals surface area contributed by atoms with Crippen LogP contribution in [0.15, 0.2) is 0 Å². The Bertz CT molecular complexity index is 360. The second-order valence-corrected chi connectivity index (χ2v) is 7.90. The summed E-state index contributed by atoms with van der Waals surface area (Å²) in [7, 11) is -3.08. The van der Waals surface area contributed by atoms with Gasteiger partial charge in [-0.3, -0.25) is 0 Å². The van der Waals surface area contributed by atoms with Gasteiger partial charge in [0, 0.05) is 24.7 Å². The number of halogens is 1. The van der Waals surface area contributed by atoms with Gasteiger partial charge in [-0.1, -0.05) is 6.92 Å². The molecule has 1 aliphatic heterocycles. The molecule has 1 rings (SSSR count). The Morgan fingerprint density at radius 1 is 1.32 bits per heavy atom. The van der Waals surface area contributed by atoms with Crippen molar-refractivity contribution in [3.05, 3.63) is 0 Å². The highest BCUT2D eigenvalue weighted by atomic mass is 35.5. The number of hydrogen-bond acceptors (Lipinski definition) is 4. The highest BCUT2D eigenvalue weighted by molar-refractivity contribution is 7.88. The van der Waals surface area contributed by atoms with Crippen molar-refractivity contribution in [2.24, 2.45) is 5.73 Å². The van der Waals surface area contributed by atoms with Crippen LogP contribution in [0.4, 0.5) is 0 Å². The molecule has 5 nitrogen and oxygen atoms in total. The first-order valence-electron chi connectivity index (χ1n) is 6.61. The van der Waals surface area contributed by atoms with Crippen molar-refractivity contribution in [3.63, 3.8) is 0 Å². The topological polar surface area (TPSA) is 66.6 Å². The van der Waals surface area contributed by atoms with Crippen molar-refractivity contribution in [1.82, 2.24) is 9.21 Å². The fourth-order valence-electron chi connectivity index (χ4n) is 2.71. The zero-order valence-electron chi connectivity index (χ0n) is 12.4. The summed E-state index contributed by atoms with van der Waals surface area (Å²) in [5.74, 6) is 0. The maximum absolute atomic E-state index is 11.7. The first-order valence-corrected chi connectivity index (χ1v) is 8.46. The number of hydrogen-bond donors (Lipinski definition) is 1. The Hall–Kier alpha value is 0.120. The van der Waals surface area contributed by atoms with Gasteiger partial charge in [-0.2, -0.15) is 4.31 Å². The van der Waals surface area contributed by atoms with Gasteiger partial charge < -0.3 is 10.6 Å². The molecule has 1 heterocycles. The second-order valence-electron chi connectivity index (χ2n) is 5.96. The lowest BCUT2D eigenvalue weighted by molar-refractivity contribution is 0.142. The van der Waals surface area contributed by atoms with Crippen LogP contribution >= 0.6 is 12.4 Å². The van der Waals surface area contributed by atoms with E-state index in [2.05, 4.69) is 4.90 Å². The van der Waals surface area contributed by atoms with E-state index in [0.29, 0.717) is 6.54 Å². The number of piperidine rings is 1. The van der Waals surface area contributed by atoms with E-state index in [1.165, 1.54) is 6.26 Å². The third kappa shape index (κ3) is 6.40. The third-order valence-corrected chi connectivity index (χ3v) is 4.74. The molecule has 0 spiro atoms. The smallest absolute Gasteiger partial charge is 0.211 e. The van der Waals surface area contributed by atoms with E-state index in [4.69, 9.17) is 5.73 Å². The molecule has 0 aliphatic carbocycles. The molecule has 116 valence electrons. The average molecular weight is 314 g/mol. The quantitative estimate of drug-likeness (QED) is 0.818. The van der Waals surface area contributed by atoms with Gasteiger partial charge in [-0.25, -0.2) is 8.42 Å². The minimum Gasteiger partial charge on any atom is -0.324 e. The van der Waals surface area contributed by atoms with Gasteiger partial charge in [-0.15, -0.1) is 12.4 Å². The largest absolute Gasteiger partial charge is 0.324 e. The van der Waals surface area contributed by atoms with Gasteiger partial charge >= 0.3 is 0 Å². The Morgan fingerprint density at radius 3 is 2.11 bits per heavy atom. The van der Waals surface area contributed by atoms with Crippen molar-refractivity contribution in [3.8, 4) is 0 Å². The number of nitrogens with zero attached hydrogens (tertiary/aromatic N) is 2. The Kier molecular flexibility index (Phi) is 7.27. The number of nitrogens with two attached hydrogens (primary N) is 1. The molecule has 0 aromatic carbocycles. The van der Waals surface area contributed by atoms with Gasteiger partial charge in [0.2, 0.25) is 10.0 Å². The lowest BCUT2D eigenvalue weighted by Gasteiger charge is -2.39. The van der Waals surface area contributed by atoms with Crippen LogP contribution in [0, 0.1) is 0 Å². The van der Waals surface area contributed by atoms with Crippen molar-refractivity contribution in [2.45, 2.75) is 45.2 Å². The first-order chi connectivity index (χ1) is 8.13. The van der Waals surface area contributed by atoms with Gasteiger partial charge in [0.15, 0.2) is 0 Å². The molecule has 2 N–H and O–H groups in total. The Labute approximate surface area is 124 Å². The van der Waals surface area contributed by atoms with Gasteiger partial charge in [0.25, 0.3) is 0 Å². The molecule has 0 saturated carbocycles. The summed E-state index contributed by atoms with van der Waals surface area (Å²) in [4.78, 5) is 2.33. The molecule has 19 heavy (non-hydrogen) atoms. The summed E-state index contributed by atoms with van der Waals surface area (Å²) in [6, 6.07) is 0.155. The predicted octanol–water partition coefficient (Wildman–Crippen LogP) is 0.891. The Balaban J connectivity index is 0.00000324. The standard InChI is InChI=1S/C12H27N3O2S.ClH/c1-5-15(18(4,16)17)11-6-8-14(9-7-11)10-12(2,3)13;/h11H,5-10,13H2,1-4H3;1H. The fraction of sp³-hybridized carbons (Fsp3) is 1.00. The molecule has 1 aliphatic rings. The van der Waals surface area contributed by atoms with E-state index in [1.807, 2.05) is 20.8 Å². The fourth-order valence-corrected chi connectivity index (χ4v) is 3.93. The van der Waals surface area contributed by atoms with E-state index in [9.17, 15) is 8.42 Å². The summed E-state index contributed by atoms with van der Waals surface area (Å²) in [6.45, 7) is 9.23. The molecule has 0 atom stereocenters.